The highest BCUT2D eigenvalue weighted by molar-refractivity contribution is 7.92. The van der Waals surface area contributed by atoms with E-state index in [9.17, 15) is 13.2 Å². The van der Waals surface area contributed by atoms with Gasteiger partial charge >= 0.3 is 0 Å². The normalized spacial score (nSPS) is 17.6. The molecule has 0 unspecified atom stereocenters. The summed E-state index contributed by atoms with van der Waals surface area (Å²) in [6.07, 6.45) is 2.60. The van der Waals surface area contributed by atoms with Gasteiger partial charge in [0.1, 0.15) is 5.75 Å². The van der Waals surface area contributed by atoms with Crippen LogP contribution in [0.3, 0.4) is 0 Å². The average molecular weight is 487 g/mol. The maximum Gasteiger partial charge on any atom is 0.261 e. The molecule has 2 aromatic carbocycles. The molecule has 1 amide bonds. The zero-order valence-electron chi connectivity index (χ0n) is 19.8. The first-order valence-electron chi connectivity index (χ1n) is 12.0. The molecule has 0 spiro atoms. The third-order valence-corrected chi connectivity index (χ3v) is 7.78. The number of nitrogens with one attached hydrogen (secondary N) is 1. The van der Waals surface area contributed by atoms with Gasteiger partial charge in [-0.05, 0) is 75.3 Å². The van der Waals surface area contributed by atoms with Crippen LogP contribution >= 0.6 is 0 Å². The molecule has 184 valence electrons. The minimum Gasteiger partial charge on any atom is -0.494 e. The molecule has 2 fully saturated rings. The van der Waals surface area contributed by atoms with E-state index in [1.807, 2.05) is 11.8 Å². The van der Waals surface area contributed by atoms with Crippen molar-refractivity contribution in [1.29, 1.82) is 0 Å². The van der Waals surface area contributed by atoms with Gasteiger partial charge in [0.15, 0.2) is 0 Å². The van der Waals surface area contributed by atoms with Crippen molar-refractivity contribution in [3.05, 3.63) is 54.1 Å². The quantitative estimate of drug-likeness (QED) is 0.587. The predicted octanol–water partition coefficient (Wildman–Crippen LogP) is 2.74. The first-order chi connectivity index (χ1) is 16.4. The minimum absolute atomic E-state index is 0.0662. The van der Waals surface area contributed by atoms with E-state index in [2.05, 4.69) is 14.5 Å². The first kappa shape index (κ1) is 24.5. The molecule has 2 saturated heterocycles. The Labute approximate surface area is 202 Å². The number of sulfonamides is 1. The van der Waals surface area contributed by atoms with Crippen molar-refractivity contribution >= 4 is 21.6 Å². The summed E-state index contributed by atoms with van der Waals surface area (Å²) in [6.45, 7) is 9.95. The van der Waals surface area contributed by atoms with E-state index in [4.69, 9.17) is 4.74 Å². The lowest BCUT2D eigenvalue weighted by Crippen LogP contribution is -2.50. The second kappa shape index (κ2) is 11.2. The van der Waals surface area contributed by atoms with Crippen molar-refractivity contribution in [2.24, 2.45) is 0 Å². The van der Waals surface area contributed by atoms with Crippen molar-refractivity contribution in [2.45, 2.75) is 24.7 Å². The van der Waals surface area contributed by atoms with Crippen LogP contribution in [0.4, 0.5) is 5.69 Å². The van der Waals surface area contributed by atoms with Crippen LogP contribution in [0.15, 0.2) is 53.4 Å². The summed E-state index contributed by atoms with van der Waals surface area (Å²) in [5.41, 5.74) is 0.824. The highest BCUT2D eigenvalue weighted by atomic mass is 32.2. The summed E-state index contributed by atoms with van der Waals surface area (Å²) in [4.78, 5) is 19.9. The Bertz CT molecular complexity index is 1060. The molecule has 8 nitrogen and oxygen atoms in total. The monoisotopic (exact) mass is 486 g/mol. The Morgan fingerprint density at radius 3 is 2.21 bits per heavy atom. The Kier molecular flexibility index (Phi) is 8.07. The van der Waals surface area contributed by atoms with E-state index < -0.39 is 10.0 Å². The fourth-order valence-electron chi connectivity index (χ4n) is 4.44. The van der Waals surface area contributed by atoms with Crippen LogP contribution in [0, 0.1) is 0 Å². The Morgan fingerprint density at radius 1 is 0.912 bits per heavy atom. The van der Waals surface area contributed by atoms with Crippen molar-refractivity contribution in [3.63, 3.8) is 0 Å². The molecule has 9 heteroatoms. The van der Waals surface area contributed by atoms with E-state index in [-0.39, 0.29) is 10.8 Å². The Hall–Kier alpha value is -2.62. The molecule has 0 saturated carbocycles. The number of amides is 1. The van der Waals surface area contributed by atoms with Gasteiger partial charge in [-0.3, -0.25) is 14.4 Å². The van der Waals surface area contributed by atoms with Crippen molar-refractivity contribution in [3.8, 4) is 5.75 Å². The van der Waals surface area contributed by atoms with Gasteiger partial charge in [0.05, 0.1) is 11.5 Å². The number of nitrogens with zero attached hydrogens (tertiary/aromatic N) is 3. The lowest BCUT2D eigenvalue weighted by molar-refractivity contribution is 0.0626. The van der Waals surface area contributed by atoms with Gasteiger partial charge < -0.3 is 14.5 Å². The van der Waals surface area contributed by atoms with Crippen LogP contribution in [0.1, 0.15) is 30.1 Å². The molecule has 2 aliphatic heterocycles. The number of hydrogen-bond donors (Lipinski definition) is 1. The summed E-state index contributed by atoms with van der Waals surface area (Å²) in [5.74, 6) is 0.548. The second-order valence-corrected chi connectivity index (χ2v) is 10.5. The Balaban J connectivity index is 1.34. The summed E-state index contributed by atoms with van der Waals surface area (Å²) in [7, 11) is -3.82. The standard InChI is InChI=1S/C25H34N4O4S/c1-2-33-23-10-8-22(9-11-23)26-34(31,32)24-7-5-6-21(20-24)25(30)29-18-16-28(17-19-29)15-14-27-12-3-4-13-27/h5-11,20,26H,2-4,12-19H2,1H3. The molecule has 2 aliphatic rings. The highest BCUT2D eigenvalue weighted by Crippen LogP contribution is 2.21. The first-order valence-corrected chi connectivity index (χ1v) is 13.5. The number of hydrogen-bond acceptors (Lipinski definition) is 6. The van der Waals surface area contributed by atoms with E-state index in [0.29, 0.717) is 36.7 Å². The molecule has 2 heterocycles. The molecule has 0 aromatic heterocycles. The largest absolute Gasteiger partial charge is 0.494 e. The van der Waals surface area contributed by atoms with Crippen LogP contribution < -0.4 is 9.46 Å². The van der Waals surface area contributed by atoms with Gasteiger partial charge in [-0.1, -0.05) is 6.07 Å². The topological polar surface area (TPSA) is 82.2 Å². The van der Waals surface area contributed by atoms with Gasteiger partial charge in [-0.25, -0.2) is 8.42 Å². The lowest BCUT2D eigenvalue weighted by atomic mass is 10.2. The number of carbonyl (C=O) groups is 1. The number of piperazine rings is 1. The number of carbonyl (C=O) groups excluding carboxylic acids is 1. The third-order valence-electron chi connectivity index (χ3n) is 6.40. The summed E-state index contributed by atoms with van der Waals surface area (Å²) in [6, 6.07) is 13.0. The van der Waals surface area contributed by atoms with Crippen LogP contribution in [-0.2, 0) is 10.0 Å². The predicted molar refractivity (Wildman–Crippen MR) is 133 cm³/mol. The zero-order valence-corrected chi connectivity index (χ0v) is 20.6. The molecule has 0 atom stereocenters. The molecule has 0 aliphatic carbocycles. The molecule has 34 heavy (non-hydrogen) atoms. The summed E-state index contributed by atoms with van der Waals surface area (Å²) < 4.78 is 33.8. The van der Waals surface area contributed by atoms with Crippen LogP contribution in [0.25, 0.3) is 0 Å². The van der Waals surface area contributed by atoms with E-state index in [0.717, 1.165) is 26.2 Å². The van der Waals surface area contributed by atoms with Crippen LogP contribution in [0.2, 0.25) is 0 Å². The van der Waals surface area contributed by atoms with Gasteiger partial charge in [0.25, 0.3) is 15.9 Å². The van der Waals surface area contributed by atoms with Crippen molar-refractivity contribution in [1.82, 2.24) is 14.7 Å². The van der Waals surface area contributed by atoms with Crippen molar-refractivity contribution < 1.29 is 17.9 Å². The number of anilines is 1. The molecule has 2 aromatic rings. The molecular formula is C25H34N4O4S. The molecule has 1 N–H and O–H groups in total. The number of ether oxygens (including phenoxy) is 1. The fourth-order valence-corrected chi connectivity index (χ4v) is 5.55. The van der Waals surface area contributed by atoms with Gasteiger partial charge in [-0.2, -0.15) is 0 Å². The van der Waals surface area contributed by atoms with Crippen LogP contribution in [0.5, 0.6) is 5.75 Å². The number of likely N-dealkylation sites (tertiary alicyclic amines) is 1. The third kappa shape index (κ3) is 6.28. The van der Waals surface area contributed by atoms with E-state index >= 15 is 0 Å². The smallest absolute Gasteiger partial charge is 0.261 e. The van der Waals surface area contributed by atoms with Gasteiger partial charge in [-0.15, -0.1) is 0 Å². The SMILES string of the molecule is CCOc1ccc(NS(=O)(=O)c2cccc(C(=O)N3CCN(CCN4CCCC4)CC3)c2)cc1. The second-order valence-electron chi connectivity index (χ2n) is 8.77. The fraction of sp³-hybridized carbons (Fsp3) is 0.480. The molecule has 0 bridgehead atoms. The number of benzene rings is 2. The van der Waals surface area contributed by atoms with Gasteiger partial charge in [0.2, 0.25) is 0 Å². The summed E-state index contributed by atoms with van der Waals surface area (Å²) >= 11 is 0. The zero-order chi connectivity index (χ0) is 24.0. The minimum atomic E-state index is -3.82. The molecule has 4 rings (SSSR count). The van der Waals surface area contributed by atoms with E-state index in [1.54, 1.807) is 36.4 Å². The lowest BCUT2D eigenvalue weighted by Gasteiger charge is -2.35. The van der Waals surface area contributed by atoms with Crippen LogP contribution in [-0.4, -0.2) is 88.0 Å². The summed E-state index contributed by atoms with van der Waals surface area (Å²) in [5, 5.41) is 0. The van der Waals surface area contributed by atoms with Gasteiger partial charge in [0, 0.05) is 50.5 Å². The van der Waals surface area contributed by atoms with Crippen molar-refractivity contribution in [2.75, 3.05) is 63.7 Å². The Morgan fingerprint density at radius 2 is 1.56 bits per heavy atom. The maximum atomic E-state index is 13.1. The highest BCUT2D eigenvalue weighted by Gasteiger charge is 2.24. The molecular weight excluding hydrogens is 452 g/mol. The average Bonchev–Trinajstić information content (AvgIpc) is 3.38. The number of rotatable bonds is 9. The van der Waals surface area contributed by atoms with E-state index in [1.165, 1.54) is 38.1 Å². The maximum absolute atomic E-state index is 13.1. The molecule has 0 radical (unpaired) electrons.